The first kappa shape index (κ1) is 16.4. The Kier molecular flexibility index (Phi) is 5.37. The zero-order valence-corrected chi connectivity index (χ0v) is 13.7. The molecule has 0 aromatic heterocycles. The molecule has 21 heavy (non-hydrogen) atoms. The van der Waals surface area contributed by atoms with Gasteiger partial charge in [-0.2, -0.15) is 4.31 Å². The molecule has 118 valence electrons. The van der Waals surface area contributed by atoms with E-state index in [0.29, 0.717) is 31.2 Å². The van der Waals surface area contributed by atoms with Crippen molar-refractivity contribution in [3.8, 4) is 0 Å². The van der Waals surface area contributed by atoms with Crippen LogP contribution < -0.4 is 5.32 Å². The summed E-state index contributed by atoms with van der Waals surface area (Å²) in [5.41, 5.74) is 1.84. The lowest BCUT2D eigenvalue weighted by molar-refractivity contribution is 0.0314. The van der Waals surface area contributed by atoms with E-state index in [-0.39, 0.29) is 6.04 Å². The Bertz CT molecular complexity index is 587. The smallest absolute Gasteiger partial charge is 0.243 e. The van der Waals surface area contributed by atoms with Crippen LogP contribution in [0.15, 0.2) is 23.1 Å². The highest BCUT2D eigenvalue weighted by molar-refractivity contribution is 7.89. The zero-order valence-electron chi connectivity index (χ0n) is 12.9. The van der Waals surface area contributed by atoms with Crippen molar-refractivity contribution in [2.45, 2.75) is 37.8 Å². The van der Waals surface area contributed by atoms with Crippen LogP contribution in [-0.4, -0.2) is 45.6 Å². The Morgan fingerprint density at radius 2 is 2.19 bits per heavy atom. The van der Waals surface area contributed by atoms with E-state index < -0.39 is 10.0 Å². The molecule has 1 aromatic rings. The van der Waals surface area contributed by atoms with Gasteiger partial charge in [0, 0.05) is 19.1 Å². The molecule has 0 saturated carbocycles. The molecule has 1 aliphatic heterocycles. The van der Waals surface area contributed by atoms with Gasteiger partial charge >= 0.3 is 0 Å². The summed E-state index contributed by atoms with van der Waals surface area (Å²) in [5.74, 6) is 0. The second-order valence-electron chi connectivity index (χ2n) is 5.32. The van der Waals surface area contributed by atoms with E-state index in [1.165, 1.54) is 0 Å². The monoisotopic (exact) mass is 312 g/mol. The van der Waals surface area contributed by atoms with Crippen molar-refractivity contribution >= 4 is 10.0 Å². The SMILES string of the molecule is CCC1COCCN1S(=O)(=O)c1cccc(CNC)c1C. The van der Waals surface area contributed by atoms with Gasteiger partial charge in [0.05, 0.1) is 18.1 Å². The molecule has 6 heteroatoms. The van der Waals surface area contributed by atoms with Crippen LogP contribution in [-0.2, 0) is 21.3 Å². The van der Waals surface area contributed by atoms with E-state index >= 15 is 0 Å². The summed E-state index contributed by atoms with van der Waals surface area (Å²) < 4.78 is 33.0. The fourth-order valence-corrected chi connectivity index (χ4v) is 4.66. The maximum Gasteiger partial charge on any atom is 0.243 e. The summed E-state index contributed by atoms with van der Waals surface area (Å²) in [5, 5.41) is 3.07. The summed E-state index contributed by atoms with van der Waals surface area (Å²) in [6, 6.07) is 5.40. The molecule has 1 saturated heterocycles. The van der Waals surface area contributed by atoms with Gasteiger partial charge in [0.2, 0.25) is 10.0 Å². The minimum Gasteiger partial charge on any atom is -0.378 e. The fraction of sp³-hybridized carbons (Fsp3) is 0.600. The number of hydrogen-bond donors (Lipinski definition) is 1. The lowest BCUT2D eigenvalue weighted by Gasteiger charge is -2.34. The average molecular weight is 312 g/mol. The van der Waals surface area contributed by atoms with E-state index in [1.807, 2.05) is 33.0 Å². The molecule has 0 bridgehead atoms. The summed E-state index contributed by atoms with van der Waals surface area (Å²) >= 11 is 0. The second kappa shape index (κ2) is 6.87. The van der Waals surface area contributed by atoms with Gasteiger partial charge in [0.15, 0.2) is 0 Å². The molecule has 2 rings (SSSR count). The van der Waals surface area contributed by atoms with Gasteiger partial charge in [0.25, 0.3) is 0 Å². The van der Waals surface area contributed by atoms with Gasteiger partial charge in [-0.15, -0.1) is 0 Å². The number of morpholine rings is 1. The maximum absolute atomic E-state index is 13.0. The van der Waals surface area contributed by atoms with Crippen LogP contribution in [0, 0.1) is 6.92 Å². The number of sulfonamides is 1. The first-order valence-corrected chi connectivity index (χ1v) is 8.79. The third-order valence-electron chi connectivity index (χ3n) is 3.99. The average Bonchev–Trinajstić information content (AvgIpc) is 2.49. The largest absolute Gasteiger partial charge is 0.378 e. The number of benzene rings is 1. The van der Waals surface area contributed by atoms with E-state index in [2.05, 4.69) is 5.32 Å². The Morgan fingerprint density at radius 1 is 1.43 bits per heavy atom. The van der Waals surface area contributed by atoms with E-state index in [0.717, 1.165) is 17.5 Å². The van der Waals surface area contributed by atoms with Gasteiger partial charge < -0.3 is 10.1 Å². The summed E-state index contributed by atoms with van der Waals surface area (Å²) in [4.78, 5) is 0.413. The molecule has 1 unspecified atom stereocenters. The highest BCUT2D eigenvalue weighted by Gasteiger charge is 2.34. The molecule has 1 N–H and O–H groups in total. The van der Waals surface area contributed by atoms with Gasteiger partial charge in [-0.25, -0.2) is 8.42 Å². The van der Waals surface area contributed by atoms with Crippen molar-refractivity contribution in [2.24, 2.45) is 0 Å². The predicted octanol–water partition coefficient (Wildman–Crippen LogP) is 1.51. The van der Waals surface area contributed by atoms with Gasteiger partial charge in [0.1, 0.15) is 0 Å². The Hall–Kier alpha value is -0.950. The van der Waals surface area contributed by atoms with Gasteiger partial charge in [-0.1, -0.05) is 19.1 Å². The molecule has 0 amide bonds. The van der Waals surface area contributed by atoms with Crippen molar-refractivity contribution in [1.82, 2.24) is 9.62 Å². The van der Waals surface area contributed by atoms with Crippen molar-refractivity contribution in [1.29, 1.82) is 0 Å². The molecule has 0 aliphatic carbocycles. The summed E-state index contributed by atoms with van der Waals surface area (Å²) in [6.07, 6.45) is 0.758. The molecule has 1 heterocycles. The molecular formula is C15H24N2O3S. The molecule has 1 aromatic carbocycles. The van der Waals surface area contributed by atoms with Gasteiger partial charge in [-0.05, 0) is 37.6 Å². The van der Waals surface area contributed by atoms with E-state index in [4.69, 9.17) is 4.74 Å². The van der Waals surface area contributed by atoms with Crippen LogP contribution in [0.5, 0.6) is 0 Å². The molecule has 5 nitrogen and oxygen atoms in total. The maximum atomic E-state index is 13.0. The number of nitrogens with zero attached hydrogens (tertiary/aromatic N) is 1. The number of nitrogens with one attached hydrogen (secondary N) is 1. The number of rotatable bonds is 5. The molecule has 0 radical (unpaired) electrons. The minimum atomic E-state index is -3.47. The Morgan fingerprint density at radius 3 is 2.86 bits per heavy atom. The van der Waals surface area contributed by atoms with Crippen LogP contribution >= 0.6 is 0 Å². The highest BCUT2D eigenvalue weighted by Crippen LogP contribution is 2.26. The lowest BCUT2D eigenvalue weighted by Crippen LogP contribution is -2.48. The van der Waals surface area contributed by atoms with Crippen LogP contribution in [0.3, 0.4) is 0 Å². The first-order valence-electron chi connectivity index (χ1n) is 7.35. The second-order valence-corrected chi connectivity index (χ2v) is 7.18. The highest BCUT2D eigenvalue weighted by atomic mass is 32.2. The predicted molar refractivity (Wildman–Crippen MR) is 82.7 cm³/mol. The lowest BCUT2D eigenvalue weighted by atomic mass is 10.1. The van der Waals surface area contributed by atoms with Crippen molar-refractivity contribution in [3.63, 3.8) is 0 Å². The van der Waals surface area contributed by atoms with Crippen LogP contribution in [0.2, 0.25) is 0 Å². The number of hydrogen-bond acceptors (Lipinski definition) is 4. The number of ether oxygens (including phenoxy) is 1. The van der Waals surface area contributed by atoms with Crippen LogP contribution in [0.1, 0.15) is 24.5 Å². The topological polar surface area (TPSA) is 58.6 Å². The fourth-order valence-electron chi connectivity index (χ4n) is 2.73. The van der Waals surface area contributed by atoms with Crippen LogP contribution in [0.4, 0.5) is 0 Å². The van der Waals surface area contributed by atoms with Crippen LogP contribution in [0.25, 0.3) is 0 Å². The molecular weight excluding hydrogens is 288 g/mol. The van der Waals surface area contributed by atoms with Crippen molar-refractivity contribution < 1.29 is 13.2 Å². The van der Waals surface area contributed by atoms with Crippen molar-refractivity contribution in [3.05, 3.63) is 29.3 Å². The summed E-state index contributed by atoms with van der Waals surface area (Å²) in [6.45, 7) is 5.90. The van der Waals surface area contributed by atoms with Gasteiger partial charge in [-0.3, -0.25) is 0 Å². The third kappa shape index (κ3) is 3.29. The molecule has 1 atom stereocenters. The van der Waals surface area contributed by atoms with E-state index in [1.54, 1.807) is 10.4 Å². The first-order chi connectivity index (χ1) is 10.0. The zero-order chi connectivity index (χ0) is 15.5. The van der Waals surface area contributed by atoms with Crippen molar-refractivity contribution in [2.75, 3.05) is 26.8 Å². The molecule has 0 spiro atoms. The minimum absolute atomic E-state index is 0.0730. The van der Waals surface area contributed by atoms with E-state index in [9.17, 15) is 8.42 Å². The quantitative estimate of drug-likeness (QED) is 0.895. The molecule has 1 aliphatic rings. The molecule has 1 fully saturated rings. The summed E-state index contributed by atoms with van der Waals surface area (Å²) in [7, 11) is -1.61. The standard InChI is InChI=1S/C15H24N2O3S/c1-4-14-11-20-9-8-17(14)21(18,19)15-7-5-6-13(10-16-3)12(15)2/h5-7,14,16H,4,8-11H2,1-3H3. The normalized spacial score (nSPS) is 20.6. The Balaban J connectivity index is 2.41. The third-order valence-corrected chi connectivity index (χ3v) is 6.09. The Labute approximate surface area is 127 Å².